The molecule has 1 saturated heterocycles. The van der Waals surface area contributed by atoms with Crippen LogP contribution in [0.3, 0.4) is 0 Å². The summed E-state index contributed by atoms with van der Waals surface area (Å²) < 4.78 is 17.7. The lowest BCUT2D eigenvalue weighted by atomic mass is 10.0. The molecule has 1 aliphatic rings. The standard InChI is InChI=1S/C14H19ClO2S/c1-11(13-3-2-4-14(15)9-13)18(16)10-12-5-7-17-8-6-12/h2-4,9,11-12H,5-8,10H2,1H3/t11-,18-/m1/s1. The van der Waals surface area contributed by atoms with Gasteiger partial charge in [0.05, 0.1) is 5.25 Å². The van der Waals surface area contributed by atoms with Gasteiger partial charge in [0.25, 0.3) is 0 Å². The fourth-order valence-electron chi connectivity index (χ4n) is 2.20. The normalized spacial score (nSPS) is 20.6. The number of hydrogen-bond acceptors (Lipinski definition) is 2. The van der Waals surface area contributed by atoms with E-state index in [4.69, 9.17) is 16.3 Å². The van der Waals surface area contributed by atoms with Crippen molar-refractivity contribution in [3.63, 3.8) is 0 Å². The molecule has 0 unspecified atom stereocenters. The van der Waals surface area contributed by atoms with Crippen molar-refractivity contribution in [3.05, 3.63) is 34.9 Å². The molecule has 0 radical (unpaired) electrons. The molecule has 0 aliphatic carbocycles. The predicted octanol–water partition coefficient (Wildman–Crippen LogP) is 3.58. The number of rotatable bonds is 4. The first kappa shape index (κ1) is 14.0. The van der Waals surface area contributed by atoms with Crippen molar-refractivity contribution in [2.45, 2.75) is 25.0 Å². The zero-order valence-corrected chi connectivity index (χ0v) is 12.2. The molecule has 18 heavy (non-hydrogen) atoms. The van der Waals surface area contributed by atoms with Gasteiger partial charge < -0.3 is 4.74 Å². The van der Waals surface area contributed by atoms with Gasteiger partial charge in [-0.25, -0.2) is 0 Å². The molecule has 2 rings (SSSR count). The van der Waals surface area contributed by atoms with Gasteiger partial charge in [-0.1, -0.05) is 23.7 Å². The molecule has 0 aromatic heterocycles. The highest BCUT2D eigenvalue weighted by Gasteiger charge is 2.21. The van der Waals surface area contributed by atoms with Gasteiger partial charge in [0.1, 0.15) is 0 Å². The molecule has 1 aromatic rings. The Bertz CT molecular complexity index is 416. The SMILES string of the molecule is C[C@H](c1cccc(Cl)c1)[S@](=O)CC1CCOCC1. The number of ether oxygens (including phenoxy) is 1. The predicted molar refractivity (Wildman–Crippen MR) is 76.4 cm³/mol. The Morgan fingerprint density at radius 3 is 2.83 bits per heavy atom. The van der Waals surface area contributed by atoms with E-state index in [-0.39, 0.29) is 5.25 Å². The van der Waals surface area contributed by atoms with Crippen LogP contribution in [-0.4, -0.2) is 23.2 Å². The fourth-order valence-corrected chi connectivity index (χ4v) is 3.94. The summed E-state index contributed by atoms with van der Waals surface area (Å²) >= 11 is 5.97. The van der Waals surface area contributed by atoms with Gasteiger partial charge in [-0.15, -0.1) is 0 Å². The lowest BCUT2D eigenvalue weighted by Crippen LogP contribution is -2.22. The first-order chi connectivity index (χ1) is 8.66. The van der Waals surface area contributed by atoms with Gasteiger partial charge in [0.15, 0.2) is 0 Å². The molecule has 1 aliphatic heterocycles. The average Bonchev–Trinajstić information content (AvgIpc) is 2.39. The van der Waals surface area contributed by atoms with E-state index in [0.717, 1.165) is 37.4 Å². The van der Waals surface area contributed by atoms with E-state index >= 15 is 0 Å². The van der Waals surface area contributed by atoms with Crippen molar-refractivity contribution in [1.29, 1.82) is 0 Å². The second-order valence-electron chi connectivity index (χ2n) is 4.80. The summed E-state index contributed by atoms with van der Waals surface area (Å²) in [6.45, 7) is 3.64. The van der Waals surface area contributed by atoms with Gasteiger partial charge >= 0.3 is 0 Å². The molecule has 1 aromatic carbocycles. The van der Waals surface area contributed by atoms with Crippen LogP contribution in [0, 0.1) is 5.92 Å². The van der Waals surface area contributed by atoms with Crippen LogP contribution in [-0.2, 0) is 15.5 Å². The van der Waals surface area contributed by atoms with Crippen molar-refractivity contribution in [1.82, 2.24) is 0 Å². The van der Waals surface area contributed by atoms with Crippen molar-refractivity contribution >= 4 is 22.4 Å². The van der Waals surface area contributed by atoms with Crippen LogP contribution < -0.4 is 0 Å². The summed E-state index contributed by atoms with van der Waals surface area (Å²) in [5.41, 5.74) is 1.06. The van der Waals surface area contributed by atoms with Crippen LogP contribution >= 0.6 is 11.6 Å². The monoisotopic (exact) mass is 286 g/mol. The van der Waals surface area contributed by atoms with E-state index in [9.17, 15) is 4.21 Å². The molecule has 4 heteroatoms. The molecule has 100 valence electrons. The first-order valence-electron chi connectivity index (χ1n) is 6.37. The fraction of sp³-hybridized carbons (Fsp3) is 0.571. The largest absolute Gasteiger partial charge is 0.381 e. The van der Waals surface area contributed by atoms with Crippen LogP contribution in [0.15, 0.2) is 24.3 Å². The van der Waals surface area contributed by atoms with E-state index in [0.29, 0.717) is 10.9 Å². The minimum atomic E-state index is -0.836. The Morgan fingerprint density at radius 2 is 2.17 bits per heavy atom. The van der Waals surface area contributed by atoms with Gasteiger partial charge in [-0.3, -0.25) is 4.21 Å². The van der Waals surface area contributed by atoms with Crippen molar-refractivity contribution in [3.8, 4) is 0 Å². The van der Waals surface area contributed by atoms with Crippen molar-refractivity contribution in [2.75, 3.05) is 19.0 Å². The minimum Gasteiger partial charge on any atom is -0.381 e. The lowest BCUT2D eigenvalue weighted by Gasteiger charge is -2.23. The molecule has 0 bridgehead atoms. The molecule has 1 fully saturated rings. The third-order valence-corrected chi connectivity index (χ3v) is 5.55. The number of benzene rings is 1. The highest BCUT2D eigenvalue weighted by atomic mass is 35.5. The smallest absolute Gasteiger partial charge is 0.0569 e. The Hall–Kier alpha value is -0.380. The van der Waals surface area contributed by atoms with E-state index < -0.39 is 10.8 Å². The summed E-state index contributed by atoms with van der Waals surface area (Å²) in [5.74, 6) is 1.32. The van der Waals surface area contributed by atoms with Gasteiger partial charge in [0, 0.05) is 34.8 Å². The molecular formula is C14H19ClO2S. The summed E-state index contributed by atoms with van der Waals surface area (Å²) in [7, 11) is -0.836. The highest BCUT2D eigenvalue weighted by molar-refractivity contribution is 7.85. The Morgan fingerprint density at radius 1 is 1.44 bits per heavy atom. The highest BCUT2D eigenvalue weighted by Crippen LogP contribution is 2.25. The molecule has 0 N–H and O–H groups in total. The zero-order chi connectivity index (χ0) is 13.0. The van der Waals surface area contributed by atoms with Crippen LogP contribution in [0.4, 0.5) is 0 Å². The minimum absolute atomic E-state index is 0.0477. The van der Waals surface area contributed by atoms with Gasteiger partial charge in [-0.2, -0.15) is 0 Å². The van der Waals surface area contributed by atoms with Crippen molar-refractivity contribution < 1.29 is 8.95 Å². The van der Waals surface area contributed by atoms with Crippen molar-refractivity contribution in [2.24, 2.45) is 5.92 Å². The molecule has 1 heterocycles. The molecule has 2 nitrogen and oxygen atoms in total. The van der Waals surface area contributed by atoms with E-state index in [1.165, 1.54) is 0 Å². The van der Waals surface area contributed by atoms with Crippen LogP contribution in [0.25, 0.3) is 0 Å². The second-order valence-corrected chi connectivity index (χ2v) is 7.04. The first-order valence-corrected chi connectivity index (χ1v) is 8.13. The van der Waals surface area contributed by atoms with Gasteiger partial charge in [-0.05, 0) is 43.4 Å². The maximum absolute atomic E-state index is 12.4. The third kappa shape index (κ3) is 3.81. The lowest BCUT2D eigenvalue weighted by molar-refractivity contribution is 0.0725. The molecule has 0 amide bonds. The van der Waals surface area contributed by atoms with E-state index in [1.807, 2.05) is 31.2 Å². The Balaban J connectivity index is 1.95. The summed E-state index contributed by atoms with van der Waals surface area (Å²) in [5, 5.41) is 0.758. The molecular weight excluding hydrogens is 268 g/mol. The van der Waals surface area contributed by atoms with Crippen LogP contribution in [0.1, 0.15) is 30.6 Å². The number of hydrogen-bond donors (Lipinski definition) is 0. The van der Waals surface area contributed by atoms with Crippen LogP contribution in [0.2, 0.25) is 5.02 Å². The Labute approximate surface area is 116 Å². The van der Waals surface area contributed by atoms with E-state index in [1.54, 1.807) is 0 Å². The zero-order valence-electron chi connectivity index (χ0n) is 10.6. The maximum Gasteiger partial charge on any atom is 0.0569 e. The maximum atomic E-state index is 12.4. The van der Waals surface area contributed by atoms with E-state index in [2.05, 4.69) is 0 Å². The Kier molecular flexibility index (Phi) is 5.22. The number of halogens is 1. The second kappa shape index (κ2) is 6.69. The van der Waals surface area contributed by atoms with Gasteiger partial charge in [0.2, 0.25) is 0 Å². The average molecular weight is 287 g/mol. The summed E-state index contributed by atoms with van der Waals surface area (Å²) in [4.78, 5) is 0. The molecule has 0 saturated carbocycles. The quantitative estimate of drug-likeness (QED) is 0.846. The summed E-state index contributed by atoms with van der Waals surface area (Å²) in [6, 6.07) is 7.67. The molecule has 0 spiro atoms. The topological polar surface area (TPSA) is 26.3 Å². The van der Waals surface area contributed by atoms with Crippen LogP contribution in [0.5, 0.6) is 0 Å². The third-order valence-electron chi connectivity index (χ3n) is 3.45. The molecule has 2 atom stereocenters. The summed E-state index contributed by atoms with van der Waals surface area (Å²) in [6.07, 6.45) is 2.07.